The summed E-state index contributed by atoms with van der Waals surface area (Å²) in [6, 6.07) is 12.4. The Labute approximate surface area is 128 Å². The van der Waals surface area contributed by atoms with Gasteiger partial charge in [0.25, 0.3) is 0 Å². The molecule has 0 spiro atoms. The minimum Gasteiger partial charge on any atom is -0.399 e. The van der Waals surface area contributed by atoms with Crippen molar-refractivity contribution in [2.75, 3.05) is 5.73 Å². The summed E-state index contributed by atoms with van der Waals surface area (Å²) >= 11 is 7.68. The van der Waals surface area contributed by atoms with E-state index in [-0.39, 0.29) is 5.78 Å². The Bertz CT molecular complexity index is 640. The predicted molar refractivity (Wildman–Crippen MR) is 86.7 cm³/mol. The number of anilines is 1. The average Bonchev–Trinajstić information content (AvgIpc) is 2.39. The first-order valence-corrected chi connectivity index (χ1v) is 7.59. The van der Waals surface area contributed by atoms with Gasteiger partial charge >= 0.3 is 0 Å². The lowest BCUT2D eigenvalue weighted by Crippen LogP contribution is -2.05. The molecule has 0 unspecified atom stereocenters. The molecule has 0 saturated heterocycles. The largest absolute Gasteiger partial charge is 0.399 e. The third-order valence-electron chi connectivity index (χ3n) is 2.70. The van der Waals surface area contributed by atoms with Crippen molar-refractivity contribution in [2.24, 2.45) is 0 Å². The molecule has 0 heterocycles. The minimum absolute atomic E-state index is 0.0528. The molecule has 2 nitrogen and oxygen atoms in total. The molecule has 2 aromatic rings. The topological polar surface area (TPSA) is 43.1 Å². The molecule has 0 bridgehead atoms. The summed E-state index contributed by atoms with van der Waals surface area (Å²) in [4.78, 5) is 13.6. The number of nitrogen functional groups attached to an aromatic ring is 1. The van der Waals surface area contributed by atoms with E-state index in [4.69, 9.17) is 17.3 Å². The van der Waals surface area contributed by atoms with E-state index in [1.165, 1.54) is 0 Å². The van der Waals surface area contributed by atoms with Gasteiger partial charge in [0.1, 0.15) is 0 Å². The highest BCUT2D eigenvalue weighted by molar-refractivity contribution is 8.00. The maximum absolute atomic E-state index is 12.6. The number of rotatable bonds is 4. The first kappa shape index (κ1) is 14.9. The van der Waals surface area contributed by atoms with Crippen LogP contribution < -0.4 is 5.73 Å². The Morgan fingerprint density at radius 3 is 2.60 bits per heavy atom. The third kappa shape index (κ3) is 3.56. The average molecular weight is 306 g/mol. The van der Waals surface area contributed by atoms with Crippen LogP contribution in [0.2, 0.25) is 5.02 Å². The fourth-order valence-corrected chi connectivity index (χ4v) is 2.98. The summed E-state index contributed by atoms with van der Waals surface area (Å²) in [6.07, 6.45) is 0. The molecule has 0 aliphatic rings. The molecule has 0 radical (unpaired) electrons. The van der Waals surface area contributed by atoms with Crippen molar-refractivity contribution in [2.45, 2.75) is 24.0 Å². The summed E-state index contributed by atoms with van der Waals surface area (Å²) in [5.41, 5.74) is 7.53. The SMILES string of the molecule is CC(C)Sc1ccc(Cl)cc1C(=O)c1cccc(N)c1. The number of thioether (sulfide) groups is 1. The van der Waals surface area contributed by atoms with Gasteiger partial charge in [0.15, 0.2) is 5.78 Å². The van der Waals surface area contributed by atoms with Crippen LogP contribution in [0.5, 0.6) is 0 Å². The highest BCUT2D eigenvalue weighted by Gasteiger charge is 2.15. The predicted octanol–water partition coefficient (Wildman–Crippen LogP) is 4.65. The van der Waals surface area contributed by atoms with Crippen molar-refractivity contribution in [3.05, 3.63) is 58.6 Å². The normalized spacial score (nSPS) is 10.8. The standard InChI is InChI=1S/C16H16ClNOS/c1-10(2)20-15-7-6-12(17)9-14(15)16(19)11-4-3-5-13(18)8-11/h3-10H,18H2,1-2H3. The molecule has 0 aliphatic carbocycles. The summed E-state index contributed by atoms with van der Waals surface area (Å²) < 4.78 is 0. The van der Waals surface area contributed by atoms with E-state index < -0.39 is 0 Å². The Morgan fingerprint density at radius 2 is 1.95 bits per heavy atom. The zero-order chi connectivity index (χ0) is 14.7. The number of hydrogen-bond donors (Lipinski definition) is 1. The molecule has 0 aliphatic heterocycles. The van der Waals surface area contributed by atoms with Crippen LogP contribution in [0, 0.1) is 0 Å². The zero-order valence-corrected chi connectivity index (χ0v) is 13.0. The van der Waals surface area contributed by atoms with E-state index in [1.807, 2.05) is 12.1 Å². The Morgan fingerprint density at radius 1 is 1.20 bits per heavy atom. The molecular weight excluding hydrogens is 290 g/mol. The second-order valence-corrected chi connectivity index (χ2v) is 6.82. The van der Waals surface area contributed by atoms with Gasteiger partial charge in [-0.1, -0.05) is 37.6 Å². The summed E-state index contributed by atoms with van der Waals surface area (Å²) in [5.74, 6) is -0.0528. The van der Waals surface area contributed by atoms with Gasteiger partial charge < -0.3 is 5.73 Å². The van der Waals surface area contributed by atoms with Crippen LogP contribution in [-0.2, 0) is 0 Å². The summed E-state index contributed by atoms with van der Waals surface area (Å²) in [6.45, 7) is 4.18. The van der Waals surface area contributed by atoms with Gasteiger partial charge in [-0.3, -0.25) is 4.79 Å². The van der Waals surface area contributed by atoms with Crippen molar-refractivity contribution in [1.29, 1.82) is 0 Å². The minimum atomic E-state index is -0.0528. The molecule has 0 amide bonds. The lowest BCUT2D eigenvalue weighted by Gasteiger charge is -2.11. The van der Waals surface area contributed by atoms with Gasteiger partial charge in [0.05, 0.1) is 0 Å². The smallest absolute Gasteiger partial charge is 0.194 e. The van der Waals surface area contributed by atoms with Crippen LogP contribution in [0.15, 0.2) is 47.4 Å². The first-order valence-electron chi connectivity index (χ1n) is 6.34. The second kappa shape index (κ2) is 6.33. The van der Waals surface area contributed by atoms with E-state index in [2.05, 4.69) is 13.8 Å². The molecule has 0 saturated carbocycles. The van der Waals surface area contributed by atoms with E-state index in [0.29, 0.717) is 27.1 Å². The van der Waals surface area contributed by atoms with E-state index in [1.54, 1.807) is 42.1 Å². The molecule has 0 atom stereocenters. The maximum atomic E-state index is 12.6. The van der Waals surface area contributed by atoms with Gasteiger partial charge in [-0.25, -0.2) is 0 Å². The zero-order valence-electron chi connectivity index (χ0n) is 11.4. The van der Waals surface area contributed by atoms with Crippen LogP contribution in [0.25, 0.3) is 0 Å². The van der Waals surface area contributed by atoms with E-state index in [0.717, 1.165) is 4.90 Å². The molecular formula is C16H16ClNOS. The highest BCUT2D eigenvalue weighted by atomic mass is 35.5. The Kier molecular flexibility index (Phi) is 4.73. The highest BCUT2D eigenvalue weighted by Crippen LogP contribution is 2.30. The van der Waals surface area contributed by atoms with Gasteiger partial charge in [-0.05, 0) is 30.3 Å². The number of halogens is 1. The van der Waals surface area contributed by atoms with Crippen LogP contribution in [-0.4, -0.2) is 11.0 Å². The second-order valence-electron chi connectivity index (χ2n) is 4.76. The third-order valence-corrected chi connectivity index (χ3v) is 4.01. The number of carbonyl (C=O) groups is 1. The van der Waals surface area contributed by atoms with Crippen LogP contribution in [0.4, 0.5) is 5.69 Å². The lowest BCUT2D eigenvalue weighted by atomic mass is 10.0. The van der Waals surface area contributed by atoms with Gasteiger partial charge in [0, 0.05) is 32.0 Å². The van der Waals surface area contributed by atoms with Gasteiger partial charge in [-0.15, -0.1) is 11.8 Å². The van der Waals surface area contributed by atoms with Crippen molar-refractivity contribution >= 4 is 34.8 Å². The van der Waals surface area contributed by atoms with Crippen molar-refractivity contribution in [3.8, 4) is 0 Å². The molecule has 2 rings (SSSR count). The van der Waals surface area contributed by atoms with Crippen LogP contribution >= 0.6 is 23.4 Å². The number of carbonyl (C=O) groups excluding carboxylic acids is 1. The fourth-order valence-electron chi connectivity index (χ4n) is 1.87. The monoisotopic (exact) mass is 305 g/mol. The molecule has 0 aromatic heterocycles. The molecule has 2 N–H and O–H groups in total. The summed E-state index contributed by atoms with van der Waals surface area (Å²) in [5, 5.41) is 0.953. The number of ketones is 1. The molecule has 20 heavy (non-hydrogen) atoms. The molecule has 4 heteroatoms. The van der Waals surface area contributed by atoms with Crippen molar-refractivity contribution in [1.82, 2.24) is 0 Å². The Hall–Kier alpha value is -1.45. The van der Waals surface area contributed by atoms with E-state index in [9.17, 15) is 4.79 Å². The number of hydrogen-bond acceptors (Lipinski definition) is 3. The Balaban J connectivity index is 2.45. The first-order chi connectivity index (χ1) is 9.47. The van der Waals surface area contributed by atoms with Crippen molar-refractivity contribution in [3.63, 3.8) is 0 Å². The number of nitrogens with two attached hydrogens (primary N) is 1. The van der Waals surface area contributed by atoms with E-state index >= 15 is 0 Å². The lowest BCUT2D eigenvalue weighted by molar-refractivity contribution is 0.103. The van der Waals surface area contributed by atoms with Gasteiger partial charge in [0.2, 0.25) is 0 Å². The maximum Gasteiger partial charge on any atom is 0.194 e. The molecule has 0 fully saturated rings. The van der Waals surface area contributed by atoms with Gasteiger partial charge in [-0.2, -0.15) is 0 Å². The molecule has 2 aromatic carbocycles. The quantitative estimate of drug-likeness (QED) is 0.508. The fraction of sp³-hybridized carbons (Fsp3) is 0.188. The van der Waals surface area contributed by atoms with Crippen LogP contribution in [0.3, 0.4) is 0 Å². The van der Waals surface area contributed by atoms with Crippen LogP contribution in [0.1, 0.15) is 29.8 Å². The van der Waals surface area contributed by atoms with Crippen molar-refractivity contribution < 1.29 is 4.79 Å². The number of benzene rings is 2. The summed E-state index contributed by atoms with van der Waals surface area (Å²) in [7, 11) is 0. The molecule has 104 valence electrons.